The van der Waals surface area contributed by atoms with Gasteiger partial charge in [0.25, 0.3) is 0 Å². The number of aromatic nitrogens is 3. The van der Waals surface area contributed by atoms with E-state index in [0.29, 0.717) is 6.54 Å². The van der Waals surface area contributed by atoms with Crippen LogP contribution in [0.5, 0.6) is 0 Å². The van der Waals surface area contributed by atoms with Crippen LogP contribution in [0.2, 0.25) is 0 Å². The van der Waals surface area contributed by atoms with Gasteiger partial charge in [0.1, 0.15) is 0 Å². The molecule has 3 aromatic heterocycles. The summed E-state index contributed by atoms with van der Waals surface area (Å²) < 4.78 is 2.25. The molecule has 0 amide bonds. The predicted octanol–water partition coefficient (Wildman–Crippen LogP) is 4.51. The lowest BCUT2D eigenvalue weighted by atomic mass is 10.0. The maximum absolute atomic E-state index is 5.83. The quantitative estimate of drug-likeness (QED) is 0.433. The van der Waals surface area contributed by atoms with Crippen molar-refractivity contribution >= 4 is 23.0 Å². The van der Waals surface area contributed by atoms with E-state index in [9.17, 15) is 0 Å². The Kier molecular flexibility index (Phi) is 5.79. The molecule has 5 rings (SSSR count). The van der Waals surface area contributed by atoms with E-state index in [1.54, 1.807) is 0 Å². The molecule has 7 heteroatoms. The molecule has 0 radical (unpaired) electrons. The lowest BCUT2D eigenvalue weighted by Crippen LogP contribution is -2.30. The summed E-state index contributed by atoms with van der Waals surface area (Å²) in [6.45, 7) is 0.688. The molecule has 4 aromatic rings. The molecule has 2 atom stereocenters. The van der Waals surface area contributed by atoms with E-state index in [1.165, 1.54) is 5.69 Å². The zero-order chi connectivity index (χ0) is 22.8. The first-order chi connectivity index (χ1) is 16.1. The van der Waals surface area contributed by atoms with Gasteiger partial charge in [-0.15, -0.1) is 0 Å². The summed E-state index contributed by atoms with van der Waals surface area (Å²) in [6, 6.07) is 22.9. The van der Waals surface area contributed by atoms with Crippen LogP contribution in [0.15, 0.2) is 91.5 Å². The van der Waals surface area contributed by atoms with Crippen LogP contribution in [0.4, 0.5) is 5.69 Å². The Morgan fingerprint density at radius 2 is 1.73 bits per heavy atom. The molecule has 0 unspecified atom stereocenters. The van der Waals surface area contributed by atoms with Crippen molar-refractivity contribution in [1.82, 2.24) is 24.8 Å². The molecule has 0 bridgehead atoms. The first-order valence-corrected chi connectivity index (χ1v) is 11.3. The van der Waals surface area contributed by atoms with Crippen molar-refractivity contribution in [3.63, 3.8) is 0 Å². The van der Waals surface area contributed by atoms with E-state index in [1.807, 2.05) is 42.9 Å². The minimum atomic E-state index is -0.0600. The van der Waals surface area contributed by atoms with Crippen LogP contribution in [-0.4, -0.2) is 38.6 Å². The average molecular weight is 455 g/mol. The molecule has 1 N–H and O–H groups in total. The fourth-order valence-electron chi connectivity index (χ4n) is 4.36. The Morgan fingerprint density at radius 1 is 0.939 bits per heavy atom. The van der Waals surface area contributed by atoms with Gasteiger partial charge >= 0.3 is 0 Å². The second-order valence-corrected chi connectivity index (χ2v) is 8.71. The van der Waals surface area contributed by atoms with Gasteiger partial charge in [0.05, 0.1) is 17.8 Å². The highest BCUT2D eigenvalue weighted by atomic mass is 32.1. The zero-order valence-corrected chi connectivity index (χ0v) is 19.5. The molecule has 1 aromatic carbocycles. The van der Waals surface area contributed by atoms with Gasteiger partial charge in [-0.3, -0.25) is 9.97 Å². The summed E-state index contributed by atoms with van der Waals surface area (Å²) in [4.78, 5) is 13.2. The van der Waals surface area contributed by atoms with Crippen molar-refractivity contribution in [1.29, 1.82) is 0 Å². The molecule has 1 saturated heterocycles. The first-order valence-electron chi connectivity index (χ1n) is 10.9. The number of anilines is 1. The number of rotatable bonds is 6. The number of hydrogen-bond donors (Lipinski definition) is 1. The lowest BCUT2D eigenvalue weighted by molar-refractivity contribution is 0.302. The number of pyridine rings is 2. The van der Waals surface area contributed by atoms with E-state index < -0.39 is 0 Å². The molecule has 166 valence electrons. The Morgan fingerprint density at radius 3 is 2.42 bits per heavy atom. The van der Waals surface area contributed by atoms with Crippen LogP contribution < -0.4 is 10.2 Å². The SMILES string of the molecule is CN(C)c1ccc(-n2cccc2[C@H]2[C@@H](c3ccccn3)NC(=S)N2Cc2ccncc2)cc1. The number of benzene rings is 1. The van der Waals surface area contributed by atoms with Crippen molar-refractivity contribution < 1.29 is 0 Å². The van der Waals surface area contributed by atoms with Crippen LogP contribution in [0.1, 0.15) is 29.0 Å². The van der Waals surface area contributed by atoms with Gasteiger partial charge in [0.15, 0.2) is 5.11 Å². The standard InChI is InChI=1S/C26H26N6S/c1-30(2)20-8-10-21(11-9-20)31-17-5-7-23(31)25-24(22-6-3-4-14-28-22)29-26(33)32(25)18-19-12-15-27-16-13-19/h3-17,24-25H,18H2,1-2H3,(H,29,33)/t24-,25+/m1/s1. The fourth-order valence-corrected chi connectivity index (χ4v) is 4.67. The molecule has 1 fully saturated rings. The smallest absolute Gasteiger partial charge is 0.170 e. The number of hydrogen-bond acceptors (Lipinski definition) is 4. The second kappa shape index (κ2) is 9.03. The second-order valence-electron chi connectivity index (χ2n) is 8.32. The Hall–Kier alpha value is -3.71. The van der Waals surface area contributed by atoms with Gasteiger partial charge in [-0.25, -0.2) is 0 Å². The Bertz CT molecular complexity index is 1220. The third kappa shape index (κ3) is 4.19. The monoisotopic (exact) mass is 454 g/mol. The van der Waals surface area contributed by atoms with E-state index in [-0.39, 0.29) is 12.1 Å². The van der Waals surface area contributed by atoms with Crippen molar-refractivity contribution in [2.24, 2.45) is 0 Å². The van der Waals surface area contributed by atoms with Gasteiger partial charge in [-0.2, -0.15) is 0 Å². The zero-order valence-electron chi connectivity index (χ0n) is 18.7. The molecule has 0 spiro atoms. The van der Waals surface area contributed by atoms with Crippen LogP contribution in [-0.2, 0) is 6.54 Å². The van der Waals surface area contributed by atoms with Crippen LogP contribution in [0, 0.1) is 0 Å². The van der Waals surface area contributed by atoms with Gasteiger partial charge in [0, 0.05) is 62.5 Å². The van der Waals surface area contributed by atoms with E-state index in [0.717, 1.165) is 27.8 Å². The highest BCUT2D eigenvalue weighted by Gasteiger charge is 2.41. The summed E-state index contributed by atoms with van der Waals surface area (Å²) >= 11 is 5.83. The van der Waals surface area contributed by atoms with Crippen molar-refractivity contribution in [3.05, 3.63) is 108 Å². The average Bonchev–Trinajstić information content (AvgIpc) is 3.45. The van der Waals surface area contributed by atoms with Gasteiger partial charge < -0.3 is 19.7 Å². The molecule has 0 saturated carbocycles. The number of nitrogens with one attached hydrogen (secondary N) is 1. The summed E-state index contributed by atoms with van der Waals surface area (Å²) in [5.41, 5.74) is 5.57. The number of thiocarbonyl (C=S) groups is 1. The first kappa shape index (κ1) is 21.2. The van der Waals surface area contributed by atoms with Crippen LogP contribution >= 0.6 is 12.2 Å². The minimum absolute atomic E-state index is 0.0240. The van der Waals surface area contributed by atoms with Gasteiger partial charge in [-0.05, 0) is 78.4 Å². The molecule has 1 aliphatic rings. The summed E-state index contributed by atoms with van der Waals surface area (Å²) in [5, 5.41) is 4.27. The van der Waals surface area contributed by atoms with Crippen molar-refractivity contribution in [2.45, 2.75) is 18.6 Å². The molecule has 0 aliphatic carbocycles. The van der Waals surface area contributed by atoms with Gasteiger partial charge in [0.2, 0.25) is 0 Å². The van der Waals surface area contributed by atoms with E-state index in [2.05, 4.69) is 92.4 Å². The molecular weight excluding hydrogens is 428 g/mol. The minimum Gasteiger partial charge on any atom is -0.378 e. The fraction of sp³-hybridized carbons (Fsp3) is 0.192. The van der Waals surface area contributed by atoms with Crippen LogP contribution in [0.25, 0.3) is 5.69 Å². The summed E-state index contributed by atoms with van der Waals surface area (Å²) in [7, 11) is 4.10. The normalized spacial score (nSPS) is 17.8. The molecule has 6 nitrogen and oxygen atoms in total. The Balaban J connectivity index is 1.57. The maximum Gasteiger partial charge on any atom is 0.170 e. The highest BCUT2D eigenvalue weighted by molar-refractivity contribution is 7.80. The highest BCUT2D eigenvalue weighted by Crippen LogP contribution is 2.40. The lowest BCUT2D eigenvalue weighted by Gasteiger charge is -2.29. The van der Waals surface area contributed by atoms with E-state index >= 15 is 0 Å². The predicted molar refractivity (Wildman–Crippen MR) is 135 cm³/mol. The third-order valence-corrected chi connectivity index (χ3v) is 6.38. The van der Waals surface area contributed by atoms with E-state index in [4.69, 9.17) is 12.2 Å². The molecule has 33 heavy (non-hydrogen) atoms. The molecular formula is C26H26N6S. The summed E-state index contributed by atoms with van der Waals surface area (Å²) in [6.07, 6.45) is 7.59. The summed E-state index contributed by atoms with van der Waals surface area (Å²) in [5.74, 6) is 0. The van der Waals surface area contributed by atoms with Gasteiger partial charge in [-0.1, -0.05) is 6.07 Å². The van der Waals surface area contributed by atoms with Crippen LogP contribution in [0.3, 0.4) is 0 Å². The third-order valence-electron chi connectivity index (χ3n) is 6.03. The largest absolute Gasteiger partial charge is 0.378 e. The van der Waals surface area contributed by atoms with Crippen molar-refractivity contribution in [3.8, 4) is 5.69 Å². The topological polar surface area (TPSA) is 49.2 Å². The Labute approximate surface area is 199 Å². The molecule has 4 heterocycles. The maximum atomic E-state index is 5.83. The molecule has 1 aliphatic heterocycles. The number of nitrogens with zero attached hydrogens (tertiary/aromatic N) is 5. The van der Waals surface area contributed by atoms with Crippen molar-refractivity contribution in [2.75, 3.05) is 19.0 Å².